The monoisotopic (exact) mass is 394 g/mol. The number of likely N-dealkylation sites (N-methyl/N-ethyl adjacent to an activating group) is 1. The number of hydrogen-bond acceptors (Lipinski definition) is 6. The molecule has 0 bridgehead atoms. The second-order valence-electron chi connectivity index (χ2n) is 7.75. The summed E-state index contributed by atoms with van der Waals surface area (Å²) in [6.45, 7) is 5.75. The Bertz CT molecular complexity index is 892. The predicted molar refractivity (Wildman–Crippen MR) is 107 cm³/mol. The average molecular weight is 394 g/mol. The maximum absolute atomic E-state index is 13.0. The fourth-order valence-corrected chi connectivity index (χ4v) is 3.99. The molecule has 2 saturated heterocycles. The van der Waals surface area contributed by atoms with Crippen molar-refractivity contribution in [3.8, 4) is 0 Å². The second-order valence-corrected chi connectivity index (χ2v) is 7.75. The summed E-state index contributed by atoms with van der Waals surface area (Å²) in [7, 11) is 2.07. The first kappa shape index (κ1) is 19.4. The largest absolute Gasteiger partial charge is 0.336 e. The van der Waals surface area contributed by atoms with Crippen LogP contribution >= 0.6 is 0 Å². The van der Waals surface area contributed by atoms with Crippen molar-refractivity contribution in [1.82, 2.24) is 29.7 Å². The highest BCUT2D eigenvalue weighted by atomic mass is 16.2. The first-order chi connectivity index (χ1) is 14.0. The second kappa shape index (κ2) is 8.24. The molecule has 0 spiro atoms. The van der Waals surface area contributed by atoms with Crippen molar-refractivity contribution in [2.45, 2.75) is 25.8 Å². The molecular formula is C21H26N6O2. The fraction of sp³-hybridized carbons (Fsp3) is 0.476. The van der Waals surface area contributed by atoms with Gasteiger partial charge in [0.25, 0.3) is 11.8 Å². The summed E-state index contributed by atoms with van der Waals surface area (Å²) in [5.41, 5.74) is 2.62. The Morgan fingerprint density at radius 1 is 1.00 bits per heavy atom. The first-order valence-corrected chi connectivity index (χ1v) is 10.1. The van der Waals surface area contributed by atoms with Gasteiger partial charge in [-0.25, -0.2) is 9.97 Å². The van der Waals surface area contributed by atoms with Gasteiger partial charge in [-0.2, -0.15) is 0 Å². The van der Waals surface area contributed by atoms with E-state index in [1.807, 2.05) is 28.9 Å². The van der Waals surface area contributed by atoms with Gasteiger partial charge in [-0.1, -0.05) is 0 Å². The van der Waals surface area contributed by atoms with Gasteiger partial charge in [-0.05, 0) is 38.9 Å². The van der Waals surface area contributed by atoms with Crippen LogP contribution in [0.1, 0.15) is 51.0 Å². The van der Waals surface area contributed by atoms with Crippen LogP contribution in [0.2, 0.25) is 0 Å². The normalized spacial score (nSPS) is 20.1. The predicted octanol–water partition coefficient (Wildman–Crippen LogP) is 1.54. The van der Waals surface area contributed by atoms with Crippen LogP contribution in [0.4, 0.5) is 0 Å². The molecule has 0 aromatic carbocycles. The molecule has 8 nitrogen and oxygen atoms in total. The van der Waals surface area contributed by atoms with E-state index >= 15 is 0 Å². The number of rotatable bonds is 3. The molecule has 152 valence electrons. The zero-order valence-corrected chi connectivity index (χ0v) is 16.9. The van der Waals surface area contributed by atoms with E-state index in [4.69, 9.17) is 0 Å². The number of carbonyl (C=O) groups is 2. The summed E-state index contributed by atoms with van der Waals surface area (Å²) in [6, 6.07) is 3.63. The van der Waals surface area contributed by atoms with Gasteiger partial charge >= 0.3 is 0 Å². The van der Waals surface area contributed by atoms with E-state index in [9.17, 15) is 9.59 Å². The Balaban J connectivity index is 1.49. The van der Waals surface area contributed by atoms with Crippen LogP contribution in [0.25, 0.3) is 0 Å². The quantitative estimate of drug-likeness (QED) is 0.786. The summed E-state index contributed by atoms with van der Waals surface area (Å²) in [6.07, 6.45) is 6.45. The number of likely N-dealkylation sites (tertiary alicyclic amines) is 1. The Hall–Kier alpha value is -2.87. The Morgan fingerprint density at radius 2 is 1.79 bits per heavy atom. The molecule has 2 aliphatic rings. The van der Waals surface area contributed by atoms with E-state index in [0.29, 0.717) is 23.4 Å². The highest BCUT2D eigenvalue weighted by Crippen LogP contribution is 2.32. The zero-order chi connectivity index (χ0) is 20.4. The van der Waals surface area contributed by atoms with Crippen LogP contribution in [0.15, 0.2) is 30.9 Å². The third kappa shape index (κ3) is 3.98. The van der Waals surface area contributed by atoms with Crippen LogP contribution in [0.3, 0.4) is 0 Å². The van der Waals surface area contributed by atoms with E-state index < -0.39 is 0 Å². The van der Waals surface area contributed by atoms with Crippen molar-refractivity contribution in [2.75, 3.05) is 39.8 Å². The number of nitrogens with zero attached hydrogens (tertiary/aromatic N) is 6. The number of aromatic nitrogens is 3. The molecule has 1 unspecified atom stereocenters. The van der Waals surface area contributed by atoms with E-state index in [1.54, 1.807) is 12.4 Å². The minimum absolute atomic E-state index is 0.0218. The molecule has 1 atom stereocenters. The maximum atomic E-state index is 13.0. The molecule has 0 N–H and O–H groups in total. The molecular weight excluding hydrogens is 368 g/mol. The summed E-state index contributed by atoms with van der Waals surface area (Å²) >= 11 is 0. The molecule has 0 radical (unpaired) electrons. The Morgan fingerprint density at radius 3 is 2.48 bits per heavy atom. The van der Waals surface area contributed by atoms with Crippen LogP contribution in [0, 0.1) is 6.92 Å². The maximum Gasteiger partial charge on any atom is 0.257 e. The van der Waals surface area contributed by atoms with Crippen LogP contribution in [-0.4, -0.2) is 81.2 Å². The smallest absolute Gasteiger partial charge is 0.257 e. The Labute approximate surface area is 170 Å². The van der Waals surface area contributed by atoms with Crippen LogP contribution in [-0.2, 0) is 0 Å². The van der Waals surface area contributed by atoms with Gasteiger partial charge in [-0.3, -0.25) is 14.6 Å². The lowest BCUT2D eigenvalue weighted by atomic mass is 10.1. The third-order valence-corrected chi connectivity index (χ3v) is 5.82. The fourth-order valence-electron chi connectivity index (χ4n) is 3.99. The molecule has 4 heterocycles. The Kier molecular flexibility index (Phi) is 5.53. The number of carbonyl (C=O) groups excluding carboxylic acids is 2. The minimum atomic E-state index is -0.0881. The molecule has 2 aromatic heterocycles. The lowest BCUT2D eigenvalue weighted by Crippen LogP contribution is -2.47. The summed E-state index contributed by atoms with van der Waals surface area (Å²) in [4.78, 5) is 44.4. The first-order valence-electron chi connectivity index (χ1n) is 10.1. The summed E-state index contributed by atoms with van der Waals surface area (Å²) in [5.74, 6) is -0.0430. The topological polar surface area (TPSA) is 82.5 Å². The van der Waals surface area contributed by atoms with E-state index in [1.165, 1.54) is 6.33 Å². The van der Waals surface area contributed by atoms with E-state index in [-0.39, 0.29) is 17.9 Å². The molecule has 0 saturated carbocycles. The molecule has 29 heavy (non-hydrogen) atoms. The SMILES string of the molecule is Cc1ncncc1C(=O)N1CCCC1c1ccc(C(=O)N2CCN(C)CC2)cn1. The zero-order valence-electron chi connectivity index (χ0n) is 16.9. The lowest BCUT2D eigenvalue weighted by molar-refractivity contribution is 0.0661. The molecule has 0 aliphatic carbocycles. The highest BCUT2D eigenvalue weighted by molar-refractivity contribution is 5.95. The van der Waals surface area contributed by atoms with Crippen molar-refractivity contribution < 1.29 is 9.59 Å². The van der Waals surface area contributed by atoms with Crippen molar-refractivity contribution in [3.63, 3.8) is 0 Å². The molecule has 2 aliphatic heterocycles. The highest BCUT2D eigenvalue weighted by Gasteiger charge is 2.32. The van der Waals surface area contributed by atoms with Gasteiger partial charge in [0, 0.05) is 45.1 Å². The lowest BCUT2D eigenvalue weighted by Gasteiger charge is -2.32. The molecule has 4 rings (SSSR count). The molecule has 2 fully saturated rings. The van der Waals surface area contributed by atoms with Gasteiger partial charge in [0.15, 0.2) is 0 Å². The van der Waals surface area contributed by atoms with Gasteiger partial charge in [0.05, 0.1) is 28.6 Å². The van der Waals surface area contributed by atoms with Crippen LogP contribution in [0.5, 0.6) is 0 Å². The van der Waals surface area contributed by atoms with Crippen molar-refractivity contribution >= 4 is 11.8 Å². The van der Waals surface area contributed by atoms with Gasteiger partial charge in [0.2, 0.25) is 0 Å². The summed E-state index contributed by atoms with van der Waals surface area (Å²) < 4.78 is 0. The van der Waals surface area contributed by atoms with Crippen molar-refractivity contribution in [3.05, 3.63) is 53.4 Å². The minimum Gasteiger partial charge on any atom is -0.336 e. The number of pyridine rings is 1. The number of amides is 2. The van der Waals surface area contributed by atoms with Gasteiger partial charge in [-0.15, -0.1) is 0 Å². The van der Waals surface area contributed by atoms with Crippen molar-refractivity contribution in [2.24, 2.45) is 0 Å². The number of piperazine rings is 1. The molecule has 2 aromatic rings. The van der Waals surface area contributed by atoms with Crippen LogP contribution < -0.4 is 0 Å². The molecule has 2 amide bonds. The standard InChI is InChI=1S/C21H26N6O2/c1-15-17(13-22-14-24-15)21(29)27-7-3-4-19(27)18-6-5-16(12-23-18)20(28)26-10-8-25(2)9-11-26/h5-6,12-14,19H,3-4,7-11H2,1-2H3. The summed E-state index contributed by atoms with van der Waals surface area (Å²) in [5, 5.41) is 0. The number of aryl methyl sites for hydroxylation is 1. The third-order valence-electron chi connectivity index (χ3n) is 5.82. The number of hydrogen-bond donors (Lipinski definition) is 0. The van der Waals surface area contributed by atoms with E-state index in [0.717, 1.165) is 44.7 Å². The molecule has 8 heteroatoms. The average Bonchev–Trinajstić information content (AvgIpc) is 3.24. The van der Waals surface area contributed by atoms with E-state index in [2.05, 4.69) is 26.9 Å². The van der Waals surface area contributed by atoms with Gasteiger partial charge < -0.3 is 14.7 Å². The van der Waals surface area contributed by atoms with Crippen molar-refractivity contribution in [1.29, 1.82) is 0 Å². The van der Waals surface area contributed by atoms with Gasteiger partial charge in [0.1, 0.15) is 6.33 Å².